The van der Waals surface area contributed by atoms with Crippen molar-refractivity contribution in [2.45, 2.75) is 26.7 Å². The summed E-state index contributed by atoms with van der Waals surface area (Å²) in [4.78, 5) is 17.1. The van der Waals surface area contributed by atoms with Crippen LogP contribution in [0.2, 0.25) is 0 Å². The number of nitrogens with zero attached hydrogens (tertiary/aromatic N) is 2. The van der Waals surface area contributed by atoms with Crippen LogP contribution < -0.4 is 5.32 Å². The summed E-state index contributed by atoms with van der Waals surface area (Å²) in [5.74, 6) is 0.160. The zero-order valence-corrected chi connectivity index (χ0v) is 13.5. The van der Waals surface area contributed by atoms with Crippen molar-refractivity contribution in [3.63, 3.8) is 0 Å². The molecule has 0 radical (unpaired) electrons. The number of benzene rings is 1. The quantitative estimate of drug-likeness (QED) is 0.925. The van der Waals surface area contributed by atoms with Gasteiger partial charge in [-0.2, -0.15) is 0 Å². The SMILES string of the molecule is CCCNc1ccc(C)cc1C(=O)N1CCCN(C)CC1. The van der Waals surface area contributed by atoms with Gasteiger partial charge in [0.05, 0.1) is 5.56 Å². The number of rotatable bonds is 4. The monoisotopic (exact) mass is 289 g/mol. The molecule has 1 fully saturated rings. The van der Waals surface area contributed by atoms with E-state index in [1.165, 1.54) is 0 Å². The molecule has 0 aromatic heterocycles. The normalized spacial score (nSPS) is 16.6. The molecular formula is C17H27N3O. The van der Waals surface area contributed by atoms with E-state index < -0.39 is 0 Å². The second-order valence-electron chi connectivity index (χ2n) is 5.92. The fraction of sp³-hybridized carbons (Fsp3) is 0.588. The Bertz CT molecular complexity index is 487. The van der Waals surface area contributed by atoms with E-state index in [4.69, 9.17) is 0 Å². The molecule has 2 rings (SSSR count). The lowest BCUT2D eigenvalue weighted by atomic mass is 10.1. The van der Waals surface area contributed by atoms with Gasteiger partial charge >= 0.3 is 0 Å². The molecular weight excluding hydrogens is 262 g/mol. The van der Waals surface area contributed by atoms with Gasteiger partial charge in [0.1, 0.15) is 0 Å². The summed E-state index contributed by atoms with van der Waals surface area (Å²) in [6.07, 6.45) is 2.10. The molecule has 116 valence electrons. The number of aryl methyl sites for hydroxylation is 1. The van der Waals surface area contributed by atoms with Crippen molar-refractivity contribution in [1.82, 2.24) is 9.80 Å². The molecule has 0 aliphatic carbocycles. The van der Waals surface area contributed by atoms with E-state index in [0.717, 1.165) is 62.4 Å². The summed E-state index contributed by atoms with van der Waals surface area (Å²) in [6, 6.07) is 6.10. The highest BCUT2D eigenvalue weighted by Gasteiger charge is 2.21. The molecule has 21 heavy (non-hydrogen) atoms. The molecule has 1 aromatic rings. The lowest BCUT2D eigenvalue weighted by Gasteiger charge is -2.22. The predicted octanol–water partition coefficient (Wildman–Crippen LogP) is 2.59. The third kappa shape index (κ3) is 4.21. The van der Waals surface area contributed by atoms with Gasteiger partial charge in [-0.15, -0.1) is 0 Å². The summed E-state index contributed by atoms with van der Waals surface area (Å²) in [6.45, 7) is 8.75. The van der Waals surface area contributed by atoms with Gasteiger partial charge in [-0.05, 0) is 45.5 Å². The molecule has 1 amide bonds. The molecule has 0 bridgehead atoms. The van der Waals surface area contributed by atoms with E-state index in [9.17, 15) is 4.79 Å². The number of likely N-dealkylation sites (N-methyl/N-ethyl adjacent to an activating group) is 1. The van der Waals surface area contributed by atoms with Crippen molar-refractivity contribution >= 4 is 11.6 Å². The molecule has 1 aliphatic rings. The third-order valence-electron chi connectivity index (χ3n) is 3.98. The Morgan fingerprint density at radius 1 is 1.24 bits per heavy atom. The molecule has 0 spiro atoms. The Labute approximate surface area is 128 Å². The van der Waals surface area contributed by atoms with Crippen molar-refractivity contribution in [3.05, 3.63) is 29.3 Å². The maximum atomic E-state index is 12.9. The van der Waals surface area contributed by atoms with Gasteiger partial charge in [-0.3, -0.25) is 4.79 Å². The lowest BCUT2D eigenvalue weighted by Crippen LogP contribution is -2.35. The second-order valence-corrected chi connectivity index (χ2v) is 5.92. The van der Waals surface area contributed by atoms with Crippen molar-refractivity contribution in [2.24, 2.45) is 0 Å². The molecule has 1 aliphatic heterocycles. The zero-order chi connectivity index (χ0) is 15.2. The summed E-state index contributed by atoms with van der Waals surface area (Å²) in [5, 5.41) is 3.38. The van der Waals surface area contributed by atoms with E-state index in [-0.39, 0.29) is 5.91 Å². The number of hydrogen-bond donors (Lipinski definition) is 1. The Balaban J connectivity index is 2.18. The number of hydrogen-bond acceptors (Lipinski definition) is 3. The number of amides is 1. The third-order valence-corrected chi connectivity index (χ3v) is 3.98. The Hall–Kier alpha value is -1.55. The van der Waals surface area contributed by atoms with Gasteiger partial charge in [0.25, 0.3) is 5.91 Å². The van der Waals surface area contributed by atoms with Crippen LogP contribution in [-0.4, -0.2) is 55.5 Å². The molecule has 0 unspecified atom stereocenters. The second kappa shape index (κ2) is 7.46. The summed E-state index contributed by atoms with van der Waals surface area (Å²) in [5.41, 5.74) is 2.91. The Morgan fingerprint density at radius 2 is 2.05 bits per heavy atom. The van der Waals surface area contributed by atoms with Crippen molar-refractivity contribution in [1.29, 1.82) is 0 Å². The topological polar surface area (TPSA) is 35.6 Å². The molecule has 0 atom stereocenters. The summed E-state index contributed by atoms with van der Waals surface area (Å²) < 4.78 is 0. The van der Waals surface area contributed by atoms with Gasteiger partial charge in [0.15, 0.2) is 0 Å². The fourth-order valence-corrected chi connectivity index (χ4v) is 2.67. The van der Waals surface area contributed by atoms with Crippen LogP contribution in [0.1, 0.15) is 35.7 Å². The van der Waals surface area contributed by atoms with Crippen molar-refractivity contribution < 1.29 is 4.79 Å². The molecule has 1 saturated heterocycles. The molecule has 1 aromatic carbocycles. The van der Waals surface area contributed by atoms with E-state index >= 15 is 0 Å². The first-order valence-corrected chi connectivity index (χ1v) is 7.94. The molecule has 1 N–H and O–H groups in total. The fourth-order valence-electron chi connectivity index (χ4n) is 2.67. The van der Waals surface area contributed by atoms with E-state index in [2.05, 4.69) is 30.3 Å². The van der Waals surface area contributed by atoms with Gasteiger partial charge in [-0.25, -0.2) is 0 Å². The van der Waals surface area contributed by atoms with E-state index in [0.29, 0.717) is 0 Å². The van der Waals surface area contributed by atoms with Gasteiger partial charge < -0.3 is 15.1 Å². The highest BCUT2D eigenvalue weighted by Crippen LogP contribution is 2.20. The van der Waals surface area contributed by atoms with Gasteiger partial charge in [-0.1, -0.05) is 18.6 Å². The average molecular weight is 289 g/mol. The molecule has 4 heteroatoms. The van der Waals surface area contributed by atoms with Crippen LogP contribution in [0.4, 0.5) is 5.69 Å². The minimum absolute atomic E-state index is 0.160. The summed E-state index contributed by atoms with van der Waals surface area (Å²) >= 11 is 0. The standard InChI is InChI=1S/C17H27N3O/c1-4-8-18-16-7-6-14(2)13-15(16)17(21)20-10-5-9-19(3)11-12-20/h6-7,13,18H,4-5,8-12H2,1-3H3. The maximum Gasteiger partial charge on any atom is 0.256 e. The summed E-state index contributed by atoms with van der Waals surface area (Å²) in [7, 11) is 2.12. The van der Waals surface area contributed by atoms with E-state index in [1.807, 2.05) is 24.0 Å². The Kier molecular flexibility index (Phi) is 5.62. The first-order chi connectivity index (χ1) is 10.1. The number of nitrogens with one attached hydrogen (secondary N) is 1. The Morgan fingerprint density at radius 3 is 2.81 bits per heavy atom. The van der Waals surface area contributed by atoms with Crippen LogP contribution in [-0.2, 0) is 0 Å². The number of carbonyl (C=O) groups excluding carboxylic acids is 1. The minimum atomic E-state index is 0.160. The molecule has 0 saturated carbocycles. The highest BCUT2D eigenvalue weighted by atomic mass is 16.2. The van der Waals surface area contributed by atoms with Crippen LogP contribution in [0.15, 0.2) is 18.2 Å². The number of carbonyl (C=O) groups is 1. The van der Waals surface area contributed by atoms with Gasteiger partial charge in [0.2, 0.25) is 0 Å². The van der Waals surface area contributed by atoms with Gasteiger partial charge in [0, 0.05) is 31.9 Å². The van der Waals surface area contributed by atoms with Crippen LogP contribution in [0.3, 0.4) is 0 Å². The molecule has 1 heterocycles. The minimum Gasteiger partial charge on any atom is -0.384 e. The first kappa shape index (κ1) is 15.8. The highest BCUT2D eigenvalue weighted by molar-refractivity contribution is 5.99. The zero-order valence-electron chi connectivity index (χ0n) is 13.5. The van der Waals surface area contributed by atoms with Crippen molar-refractivity contribution in [3.8, 4) is 0 Å². The lowest BCUT2D eigenvalue weighted by molar-refractivity contribution is 0.0763. The van der Waals surface area contributed by atoms with Crippen LogP contribution in [0.25, 0.3) is 0 Å². The molecule has 4 nitrogen and oxygen atoms in total. The van der Waals surface area contributed by atoms with Crippen molar-refractivity contribution in [2.75, 3.05) is 45.1 Å². The first-order valence-electron chi connectivity index (χ1n) is 7.94. The average Bonchev–Trinajstić information content (AvgIpc) is 2.70. The largest absolute Gasteiger partial charge is 0.384 e. The van der Waals surface area contributed by atoms with Crippen LogP contribution in [0.5, 0.6) is 0 Å². The van der Waals surface area contributed by atoms with Crippen LogP contribution in [0, 0.1) is 6.92 Å². The number of anilines is 1. The smallest absolute Gasteiger partial charge is 0.256 e. The maximum absolute atomic E-state index is 12.9. The predicted molar refractivity (Wildman–Crippen MR) is 88.0 cm³/mol. The van der Waals surface area contributed by atoms with E-state index in [1.54, 1.807) is 0 Å². The van der Waals surface area contributed by atoms with Crippen LogP contribution >= 0.6 is 0 Å².